The molecular weight excluding hydrogens is 531 g/mol. The van der Waals surface area contributed by atoms with Crippen LogP contribution in [0.1, 0.15) is 34.5 Å². The van der Waals surface area contributed by atoms with Crippen LogP contribution in [0.5, 0.6) is 0 Å². The molecule has 0 unspecified atom stereocenters. The van der Waals surface area contributed by atoms with E-state index >= 15 is 4.39 Å². The van der Waals surface area contributed by atoms with Crippen molar-refractivity contribution in [2.24, 2.45) is 0 Å². The molecule has 42 heavy (non-hydrogen) atoms. The van der Waals surface area contributed by atoms with E-state index in [1.54, 1.807) is 29.3 Å². The molecule has 0 bridgehead atoms. The maximum absolute atomic E-state index is 15.5. The highest BCUT2D eigenvalue weighted by Crippen LogP contribution is 2.35. The summed E-state index contributed by atoms with van der Waals surface area (Å²) >= 11 is 0. The molecule has 3 atom stereocenters. The van der Waals surface area contributed by atoms with E-state index in [4.69, 9.17) is 5.10 Å². The molecule has 2 N–H and O–H groups in total. The molecule has 1 aromatic heterocycles. The smallest absolute Gasteiger partial charge is 0.254 e. The number of β-amino-alcohol motifs (C(OH)–C–C–N with tert-alkyl or cyclic N) is 2. The highest BCUT2D eigenvalue weighted by Gasteiger charge is 2.31. The first-order valence-corrected chi connectivity index (χ1v) is 14.3. The predicted molar refractivity (Wildman–Crippen MR) is 160 cm³/mol. The van der Waals surface area contributed by atoms with Gasteiger partial charge in [-0.25, -0.2) is 9.07 Å². The summed E-state index contributed by atoms with van der Waals surface area (Å²) in [4.78, 5) is 17.7. The van der Waals surface area contributed by atoms with Gasteiger partial charge in [0.05, 0.1) is 23.8 Å². The van der Waals surface area contributed by atoms with Gasteiger partial charge in [0.1, 0.15) is 5.69 Å². The van der Waals surface area contributed by atoms with E-state index in [1.165, 1.54) is 21.9 Å². The normalized spacial score (nSPS) is 20.2. The molecule has 5 aromatic rings. The fraction of sp³-hybridized carbons (Fsp3) is 0.235. The summed E-state index contributed by atoms with van der Waals surface area (Å²) in [5.41, 5.74) is 6.22. The van der Waals surface area contributed by atoms with E-state index in [2.05, 4.69) is 19.1 Å². The first-order valence-electron chi connectivity index (χ1n) is 14.3. The fourth-order valence-corrected chi connectivity index (χ4v) is 6.30. The van der Waals surface area contributed by atoms with Crippen LogP contribution in [0.25, 0.3) is 27.7 Å². The predicted octanol–water partition coefficient (Wildman–Crippen LogP) is 5.13. The summed E-state index contributed by atoms with van der Waals surface area (Å²) in [5, 5.41) is 25.4. The number of anilines is 1. The molecule has 7 nitrogen and oxygen atoms in total. The zero-order chi connectivity index (χ0) is 29.0. The number of hydrogen-bond donors (Lipinski definition) is 2. The van der Waals surface area contributed by atoms with Crippen molar-refractivity contribution in [3.8, 4) is 16.8 Å². The Balaban J connectivity index is 1.28. The Labute approximate surface area is 243 Å². The maximum atomic E-state index is 15.5. The lowest BCUT2D eigenvalue weighted by molar-refractivity contribution is 0.0572. The minimum absolute atomic E-state index is 0.0543. The maximum Gasteiger partial charge on any atom is 0.254 e. The number of aliphatic hydroxyl groups is 2. The number of aliphatic hydroxyl groups excluding tert-OH is 2. The van der Waals surface area contributed by atoms with Crippen LogP contribution in [-0.2, 0) is 6.42 Å². The van der Waals surface area contributed by atoms with Crippen molar-refractivity contribution in [1.82, 2.24) is 14.7 Å². The van der Waals surface area contributed by atoms with E-state index in [0.29, 0.717) is 23.3 Å². The SMILES string of the molecule is C[C@@H]1c2ccccc2CCN1C(=O)c1cc(-c2ccccc2)c2cn(-c3ccc(N4C[C@H](O)[C@@H](O)C4)cc3F)nc2c1. The van der Waals surface area contributed by atoms with Gasteiger partial charge in [-0.2, -0.15) is 5.10 Å². The van der Waals surface area contributed by atoms with Crippen LogP contribution in [0.3, 0.4) is 0 Å². The molecule has 1 amide bonds. The van der Waals surface area contributed by atoms with E-state index in [-0.39, 0.29) is 30.7 Å². The summed E-state index contributed by atoms with van der Waals surface area (Å²) in [7, 11) is 0. The van der Waals surface area contributed by atoms with Gasteiger partial charge < -0.3 is 20.0 Å². The molecule has 8 heteroatoms. The molecule has 1 fully saturated rings. The summed E-state index contributed by atoms with van der Waals surface area (Å²) in [6.45, 7) is 3.18. The molecule has 0 radical (unpaired) electrons. The van der Waals surface area contributed by atoms with Gasteiger partial charge >= 0.3 is 0 Å². The summed E-state index contributed by atoms with van der Waals surface area (Å²) in [6, 6.07) is 26.6. The van der Waals surface area contributed by atoms with Crippen molar-refractivity contribution in [2.75, 3.05) is 24.5 Å². The third-order valence-corrected chi connectivity index (χ3v) is 8.61. The van der Waals surface area contributed by atoms with Crippen molar-refractivity contribution < 1.29 is 19.4 Å². The number of carbonyl (C=O) groups excluding carboxylic acids is 1. The van der Waals surface area contributed by atoms with Gasteiger partial charge in [-0.05, 0) is 65.9 Å². The molecule has 0 aliphatic carbocycles. The van der Waals surface area contributed by atoms with Crippen molar-refractivity contribution in [3.05, 3.63) is 114 Å². The van der Waals surface area contributed by atoms with Gasteiger partial charge in [0.25, 0.3) is 5.91 Å². The van der Waals surface area contributed by atoms with E-state index in [9.17, 15) is 15.0 Å². The largest absolute Gasteiger partial charge is 0.389 e. The third kappa shape index (κ3) is 4.53. The number of aromatic nitrogens is 2. The molecule has 2 aliphatic heterocycles. The van der Waals surface area contributed by atoms with Gasteiger partial charge in [-0.15, -0.1) is 0 Å². The third-order valence-electron chi connectivity index (χ3n) is 8.61. The van der Waals surface area contributed by atoms with Crippen LogP contribution in [0, 0.1) is 5.82 Å². The number of amides is 1. The second-order valence-electron chi connectivity index (χ2n) is 11.2. The van der Waals surface area contributed by atoms with Crippen LogP contribution in [0.4, 0.5) is 10.1 Å². The van der Waals surface area contributed by atoms with Crippen molar-refractivity contribution >= 4 is 22.5 Å². The van der Waals surface area contributed by atoms with Crippen molar-refractivity contribution in [2.45, 2.75) is 31.6 Å². The van der Waals surface area contributed by atoms with Crippen LogP contribution in [0.15, 0.2) is 91.1 Å². The Morgan fingerprint density at radius 1 is 0.929 bits per heavy atom. The van der Waals surface area contributed by atoms with E-state index in [1.807, 2.05) is 53.4 Å². The second kappa shape index (κ2) is 10.4. The van der Waals surface area contributed by atoms with Gasteiger partial charge in [0.2, 0.25) is 0 Å². The minimum Gasteiger partial charge on any atom is -0.389 e. The number of benzene rings is 4. The standard InChI is InChI=1S/C34H31FN4O3/c1-21-26-10-6-5-9-23(26)13-14-38(21)34(42)24-15-27(22-7-3-2-4-8-22)28-18-39(36-30(28)16-24)31-12-11-25(17-29(31)35)37-19-32(40)33(41)20-37/h2-12,15-18,21,32-33,40-41H,13-14,19-20H2,1H3/t21-,32+,33+/m1/s1. The van der Waals surface area contributed by atoms with Gasteiger partial charge in [0, 0.05) is 42.5 Å². The van der Waals surface area contributed by atoms with Gasteiger partial charge in [-0.3, -0.25) is 4.79 Å². The molecule has 7 rings (SSSR count). The number of nitrogens with zero attached hydrogens (tertiary/aromatic N) is 4. The Hall–Kier alpha value is -4.53. The fourth-order valence-electron chi connectivity index (χ4n) is 6.30. The Bertz CT molecular complexity index is 1790. The second-order valence-corrected chi connectivity index (χ2v) is 11.2. The molecule has 0 spiro atoms. The number of carbonyl (C=O) groups is 1. The lowest BCUT2D eigenvalue weighted by Crippen LogP contribution is -2.38. The summed E-state index contributed by atoms with van der Waals surface area (Å²) in [6.07, 6.45) is 0.882. The minimum atomic E-state index is -0.861. The zero-order valence-electron chi connectivity index (χ0n) is 23.2. The number of rotatable bonds is 4. The molecular formula is C34H31FN4O3. The lowest BCUT2D eigenvalue weighted by atomic mass is 9.92. The first kappa shape index (κ1) is 26.4. The molecule has 4 aromatic carbocycles. The molecule has 1 saturated heterocycles. The summed E-state index contributed by atoms with van der Waals surface area (Å²) in [5.74, 6) is -0.536. The Morgan fingerprint density at radius 3 is 2.43 bits per heavy atom. The lowest BCUT2D eigenvalue weighted by Gasteiger charge is -2.35. The average Bonchev–Trinajstić information content (AvgIpc) is 3.59. The first-order chi connectivity index (χ1) is 20.4. The van der Waals surface area contributed by atoms with E-state index < -0.39 is 18.0 Å². The summed E-state index contributed by atoms with van der Waals surface area (Å²) < 4.78 is 17.0. The van der Waals surface area contributed by atoms with Crippen LogP contribution >= 0.6 is 0 Å². The highest BCUT2D eigenvalue weighted by atomic mass is 19.1. The average molecular weight is 563 g/mol. The number of hydrogen-bond acceptors (Lipinski definition) is 5. The van der Waals surface area contributed by atoms with Crippen LogP contribution in [-0.4, -0.2) is 62.6 Å². The zero-order valence-corrected chi connectivity index (χ0v) is 23.2. The molecule has 2 aliphatic rings. The Kier molecular flexibility index (Phi) is 6.52. The quantitative estimate of drug-likeness (QED) is 0.317. The molecule has 3 heterocycles. The van der Waals surface area contributed by atoms with Gasteiger partial charge in [0.15, 0.2) is 5.82 Å². The highest BCUT2D eigenvalue weighted by molar-refractivity contribution is 6.04. The van der Waals surface area contributed by atoms with Crippen molar-refractivity contribution in [3.63, 3.8) is 0 Å². The topological polar surface area (TPSA) is 81.8 Å². The Morgan fingerprint density at radius 2 is 1.67 bits per heavy atom. The van der Waals surface area contributed by atoms with Gasteiger partial charge in [-0.1, -0.05) is 54.6 Å². The molecule has 212 valence electrons. The van der Waals surface area contributed by atoms with E-state index in [0.717, 1.165) is 22.9 Å². The molecule has 0 saturated carbocycles. The number of halogens is 1. The number of fused-ring (bicyclic) bond motifs is 2. The van der Waals surface area contributed by atoms with Crippen molar-refractivity contribution in [1.29, 1.82) is 0 Å². The van der Waals surface area contributed by atoms with Crippen LogP contribution in [0.2, 0.25) is 0 Å². The van der Waals surface area contributed by atoms with Crippen LogP contribution < -0.4 is 4.90 Å². The monoisotopic (exact) mass is 562 g/mol.